The van der Waals surface area contributed by atoms with Crippen molar-refractivity contribution in [2.75, 3.05) is 0 Å². The minimum Gasteiger partial charge on any atom is -0.0995 e. The average Bonchev–Trinajstić information content (AvgIpc) is 2.98. The van der Waals surface area contributed by atoms with Crippen LogP contribution in [-0.4, -0.2) is 0 Å². The van der Waals surface area contributed by atoms with Crippen molar-refractivity contribution in [2.24, 2.45) is 5.92 Å². The third-order valence-corrected chi connectivity index (χ3v) is 3.41. The van der Waals surface area contributed by atoms with Crippen LogP contribution in [0, 0.1) is 5.92 Å². The summed E-state index contributed by atoms with van der Waals surface area (Å²) in [4.78, 5) is 0. The highest BCUT2D eigenvalue weighted by Crippen LogP contribution is 2.46. The maximum atomic E-state index is 4.05. The van der Waals surface area contributed by atoms with E-state index in [-0.39, 0.29) is 0 Å². The van der Waals surface area contributed by atoms with Crippen LogP contribution < -0.4 is 0 Å². The monoisotopic (exact) mass is 204 g/mol. The van der Waals surface area contributed by atoms with E-state index in [1.54, 1.807) is 11.1 Å². The van der Waals surface area contributed by atoms with Crippen LogP contribution in [0.2, 0.25) is 0 Å². The van der Waals surface area contributed by atoms with Gasteiger partial charge in [0.25, 0.3) is 0 Å². The van der Waals surface area contributed by atoms with E-state index in [9.17, 15) is 0 Å². The second-order valence-corrected chi connectivity index (χ2v) is 4.69. The summed E-state index contributed by atoms with van der Waals surface area (Å²) in [7, 11) is 0. The molecule has 1 rings (SSSR count). The Morgan fingerprint density at radius 1 is 1.33 bits per heavy atom. The van der Waals surface area contributed by atoms with Crippen LogP contribution in [0.15, 0.2) is 34.9 Å². The molecule has 1 aliphatic rings. The molecule has 84 valence electrons. The first-order valence-electron chi connectivity index (χ1n) is 6.11. The van der Waals surface area contributed by atoms with Crippen molar-refractivity contribution < 1.29 is 0 Å². The van der Waals surface area contributed by atoms with Gasteiger partial charge in [-0.3, -0.25) is 0 Å². The predicted octanol–water partition coefficient (Wildman–Crippen LogP) is 5.04. The van der Waals surface area contributed by atoms with Crippen LogP contribution in [-0.2, 0) is 0 Å². The molecule has 0 N–H and O–H groups in total. The summed E-state index contributed by atoms with van der Waals surface area (Å²) in [5.74, 6) is 0.718. The SMILES string of the molecule is C=C(C)C1CC1=C(CC)CC=C(C)CC. The Bertz CT molecular complexity index is 302. The fraction of sp³-hybridized carbons (Fsp3) is 0.600. The fourth-order valence-electron chi connectivity index (χ4n) is 1.97. The van der Waals surface area contributed by atoms with E-state index >= 15 is 0 Å². The molecule has 0 spiro atoms. The summed E-state index contributed by atoms with van der Waals surface area (Å²) < 4.78 is 0. The molecule has 1 atom stereocenters. The third-order valence-electron chi connectivity index (χ3n) is 3.41. The Morgan fingerprint density at radius 2 is 2.00 bits per heavy atom. The van der Waals surface area contributed by atoms with E-state index in [0.717, 1.165) is 12.3 Å². The molecule has 1 unspecified atom stereocenters. The molecule has 0 aliphatic heterocycles. The highest BCUT2D eigenvalue weighted by Gasteiger charge is 2.32. The lowest BCUT2D eigenvalue weighted by Crippen LogP contribution is -1.83. The molecular weight excluding hydrogens is 180 g/mol. The minimum absolute atomic E-state index is 0.718. The maximum absolute atomic E-state index is 4.05. The van der Waals surface area contributed by atoms with Gasteiger partial charge in [-0.2, -0.15) is 0 Å². The molecule has 1 aliphatic carbocycles. The first-order valence-corrected chi connectivity index (χ1v) is 6.11. The first kappa shape index (κ1) is 12.3. The topological polar surface area (TPSA) is 0 Å². The lowest BCUT2D eigenvalue weighted by Gasteiger charge is -2.02. The quantitative estimate of drug-likeness (QED) is 0.551. The third kappa shape index (κ3) is 3.37. The molecule has 0 aromatic heterocycles. The molecule has 0 saturated heterocycles. The number of hydrogen-bond donors (Lipinski definition) is 0. The van der Waals surface area contributed by atoms with Gasteiger partial charge < -0.3 is 0 Å². The van der Waals surface area contributed by atoms with E-state index in [1.807, 2.05) is 0 Å². The van der Waals surface area contributed by atoms with Gasteiger partial charge in [0.15, 0.2) is 0 Å². The van der Waals surface area contributed by atoms with Crippen LogP contribution >= 0.6 is 0 Å². The zero-order chi connectivity index (χ0) is 11.4. The van der Waals surface area contributed by atoms with Gasteiger partial charge in [0.2, 0.25) is 0 Å². The Morgan fingerprint density at radius 3 is 2.40 bits per heavy atom. The summed E-state index contributed by atoms with van der Waals surface area (Å²) in [6.45, 7) is 12.9. The second kappa shape index (κ2) is 5.34. The van der Waals surface area contributed by atoms with Crippen molar-refractivity contribution in [1.82, 2.24) is 0 Å². The number of allylic oxidation sites excluding steroid dienone is 5. The van der Waals surface area contributed by atoms with Crippen molar-refractivity contribution in [3.63, 3.8) is 0 Å². The fourth-order valence-corrected chi connectivity index (χ4v) is 1.97. The van der Waals surface area contributed by atoms with Gasteiger partial charge >= 0.3 is 0 Å². The lowest BCUT2D eigenvalue weighted by atomic mass is 10.0. The second-order valence-electron chi connectivity index (χ2n) is 4.69. The largest absolute Gasteiger partial charge is 0.0995 e. The molecule has 0 heteroatoms. The standard InChI is InChI=1S/C15H24/c1-6-12(5)8-9-13(7-2)15-10-14(15)11(3)4/h8,14H,3,6-7,9-10H2,1-2,4-5H3. The number of rotatable bonds is 5. The van der Waals surface area contributed by atoms with Gasteiger partial charge in [0.1, 0.15) is 0 Å². The Balaban J connectivity index is 2.63. The zero-order valence-corrected chi connectivity index (χ0v) is 10.7. The highest BCUT2D eigenvalue weighted by atomic mass is 14.4. The molecule has 0 aromatic carbocycles. The molecule has 0 aromatic rings. The van der Waals surface area contributed by atoms with Crippen LogP contribution in [0.1, 0.15) is 53.4 Å². The molecular formula is C15H24. The molecule has 15 heavy (non-hydrogen) atoms. The summed E-state index contributed by atoms with van der Waals surface area (Å²) in [5.41, 5.74) is 6.17. The highest BCUT2D eigenvalue weighted by molar-refractivity contribution is 5.38. The molecule has 0 bridgehead atoms. The smallest absolute Gasteiger partial charge is 0.00421 e. The van der Waals surface area contributed by atoms with Gasteiger partial charge in [-0.25, -0.2) is 0 Å². The van der Waals surface area contributed by atoms with Gasteiger partial charge in [-0.1, -0.05) is 48.8 Å². The van der Waals surface area contributed by atoms with Gasteiger partial charge in [-0.15, -0.1) is 0 Å². The first-order chi connectivity index (χ1) is 7.10. The van der Waals surface area contributed by atoms with Crippen molar-refractivity contribution in [3.05, 3.63) is 34.9 Å². The molecule has 1 saturated carbocycles. The van der Waals surface area contributed by atoms with Crippen LogP contribution in [0.25, 0.3) is 0 Å². The molecule has 0 nitrogen and oxygen atoms in total. The molecule has 1 fully saturated rings. The predicted molar refractivity (Wildman–Crippen MR) is 68.9 cm³/mol. The Kier molecular flexibility index (Phi) is 4.38. The summed E-state index contributed by atoms with van der Waals surface area (Å²) >= 11 is 0. The van der Waals surface area contributed by atoms with E-state index in [1.165, 1.54) is 30.4 Å². The Hall–Kier alpha value is -0.780. The van der Waals surface area contributed by atoms with Gasteiger partial charge in [-0.05, 0) is 39.5 Å². The van der Waals surface area contributed by atoms with E-state index in [4.69, 9.17) is 0 Å². The van der Waals surface area contributed by atoms with Crippen LogP contribution in [0.5, 0.6) is 0 Å². The van der Waals surface area contributed by atoms with Gasteiger partial charge in [0, 0.05) is 5.92 Å². The molecule has 0 heterocycles. The zero-order valence-electron chi connectivity index (χ0n) is 10.7. The average molecular weight is 204 g/mol. The lowest BCUT2D eigenvalue weighted by molar-refractivity contribution is 0.977. The van der Waals surface area contributed by atoms with Crippen LogP contribution in [0.3, 0.4) is 0 Å². The van der Waals surface area contributed by atoms with Crippen molar-refractivity contribution in [2.45, 2.75) is 53.4 Å². The summed E-state index contributed by atoms with van der Waals surface area (Å²) in [5, 5.41) is 0. The molecule has 0 radical (unpaired) electrons. The van der Waals surface area contributed by atoms with Gasteiger partial charge in [0.05, 0.1) is 0 Å². The van der Waals surface area contributed by atoms with E-state index in [0.29, 0.717) is 0 Å². The number of hydrogen-bond acceptors (Lipinski definition) is 0. The summed E-state index contributed by atoms with van der Waals surface area (Å²) in [6.07, 6.45) is 7.20. The summed E-state index contributed by atoms with van der Waals surface area (Å²) in [6, 6.07) is 0. The van der Waals surface area contributed by atoms with Crippen LogP contribution in [0.4, 0.5) is 0 Å². The van der Waals surface area contributed by atoms with Crippen molar-refractivity contribution in [1.29, 1.82) is 0 Å². The molecule has 0 amide bonds. The minimum atomic E-state index is 0.718. The van der Waals surface area contributed by atoms with Crippen molar-refractivity contribution >= 4 is 0 Å². The Labute approximate surface area is 94.8 Å². The van der Waals surface area contributed by atoms with E-state index in [2.05, 4.69) is 40.3 Å². The van der Waals surface area contributed by atoms with Crippen molar-refractivity contribution in [3.8, 4) is 0 Å². The maximum Gasteiger partial charge on any atom is 0.00421 e. The normalized spacial score (nSPS) is 24.0. The van der Waals surface area contributed by atoms with E-state index < -0.39 is 0 Å².